The minimum Gasteiger partial charge on any atom is -0.481 e. The number of carboxylic acids is 1. The van der Waals surface area contributed by atoms with Gasteiger partial charge in [-0.1, -0.05) is 17.3 Å². The molecule has 1 aromatic rings. The van der Waals surface area contributed by atoms with E-state index in [-0.39, 0.29) is 22.7 Å². The van der Waals surface area contributed by atoms with E-state index in [1.54, 1.807) is 13.8 Å². The molecule has 35 heavy (non-hydrogen) atoms. The summed E-state index contributed by atoms with van der Waals surface area (Å²) in [5.74, 6) is -3.23. The Hall–Kier alpha value is -3.43. The number of amides is 2. The van der Waals surface area contributed by atoms with E-state index in [1.807, 2.05) is 0 Å². The number of halogens is 1. The minimum absolute atomic E-state index is 0.0162. The van der Waals surface area contributed by atoms with Crippen molar-refractivity contribution in [2.24, 2.45) is 5.92 Å². The molecule has 0 aromatic heterocycles. The van der Waals surface area contributed by atoms with Gasteiger partial charge in [-0.3, -0.25) is 24.6 Å². The van der Waals surface area contributed by atoms with E-state index >= 15 is 0 Å². The number of likely N-dealkylation sites (tertiary alicyclic amines) is 1. The predicted octanol–water partition coefficient (Wildman–Crippen LogP) is 1.31. The number of benzene rings is 1. The van der Waals surface area contributed by atoms with Crippen LogP contribution in [0.15, 0.2) is 46.5 Å². The molecule has 1 fully saturated rings. The first-order valence-electron chi connectivity index (χ1n) is 11.0. The van der Waals surface area contributed by atoms with Gasteiger partial charge in [-0.25, -0.2) is 0 Å². The zero-order valence-corrected chi connectivity index (χ0v) is 19.8. The van der Waals surface area contributed by atoms with Gasteiger partial charge in [0.05, 0.1) is 27.9 Å². The van der Waals surface area contributed by atoms with Crippen LogP contribution in [0.4, 0.5) is 5.69 Å². The first-order chi connectivity index (χ1) is 16.5. The molecule has 2 bridgehead atoms. The molecule has 184 valence electrons. The number of nitrogens with zero attached hydrogens (tertiary/aromatic N) is 1. The number of aldehydes is 1. The second-order valence-electron chi connectivity index (χ2n) is 9.12. The van der Waals surface area contributed by atoms with E-state index in [2.05, 4.69) is 16.4 Å². The van der Waals surface area contributed by atoms with Crippen LogP contribution in [-0.2, 0) is 14.4 Å². The van der Waals surface area contributed by atoms with E-state index in [0.29, 0.717) is 41.7 Å². The molecule has 4 unspecified atom stereocenters. The molecule has 1 saturated carbocycles. The molecule has 6 N–H and O–H groups in total. The fourth-order valence-corrected chi connectivity index (χ4v) is 4.68. The van der Waals surface area contributed by atoms with Crippen LogP contribution in [0.2, 0.25) is 5.02 Å². The average Bonchev–Trinajstić information content (AvgIpc) is 3.15. The third-order valence-corrected chi connectivity index (χ3v) is 6.85. The Labute approximate surface area is 206 Å². The number of carbonyl (C=O) groups excluding carboxylic acids is 3. The molecule has 11 heteroatoms. The van der Waals surface area contributed by atoms with Crippen molar-refractivity contribution in [1.29, 1.82) is 0 Å². The highest BCUT2D eigenvalue weighted by Crippen LogP contribution is 2.44. The molecule has 0 spiro atoms. The number of hydrogen-bond acceptors (Lipinski definition) is 7. The van der Waals surface area contributed by atoms with Crippen LogP contribution in [0, 0.1) is 5.92 Å². The fourth-order valence-electron chi connectivity index (χ4n) is 4.50. The van der Waals surface area contributed by atoms with Crippen LogP contribution in [0.1, 0.15) is 43.5 Å². The summed E-state index contributed by atoms with van der Waals surface area (Å²) in [5.41, 5.74) is 9.68. The molecule has 1 aliphatic heterocycles. The monoisotopic (exact) mass is 500 g/mol. The number of nitrogen functional groups attached to an aromatic ring is 1. The van der Waals surface area contributed by atoms with Crippen molar-refractivity contribution in [2.75, 3.05) is 5.73 Å². The lowest BCUT2D eigenvalue weighted by molar-refractivity contribution is -0.140. The normalized spacial score (nSPS) is 24.9. The van der Waals surface area contributed by atoms with Crippen molar-refractivity contribution in [3.63, 3.8) is 0 Å². The lowest BCUT2D eigenvalue weighted by Gasteiger charge is -2.37. The molecular formula is C24H25ClN4O6. The number of aliphatic carboxylic acids is 1. The SMILES string of the molecule is CC(C)=C(NC(=O)c1ccc(N)c(Cl)c1)C(=O)N1C2=C=C(CC2)C1C(O)NC1(C=O)CC1C(=O)O. The summed E-state index contributed by atoms with van der Waals surface area (Å²) in [7, 11) is 0. The Bertz CT molecular complexity index is 1250. The van der Waals surface area contributed by atoms with Crippen LogP contribution < -0.4 is 16.4 Å². The van der Waals surface area contributed by atoms with Crippen LogP contribution in [0.3, 0.4) is 0 Å². The largest absolute Gasteiger partial charge is 0.481 e. The van der Waals surface area contributed by atoms with Gasteiger partial charge in [0.2, 0.25) is 0 Å². The summed E-state index contributed by atoms with van der Waals surface area (Å²) in [6, 6.07) is 3.47. The highest BCUT2D eigenvalue weighted by atomic mass is 35.5. The number of anilines is 1. The van der Waals surface area contributed by atoms with Crippen LogP contribution >= 0.6 is 11.6 Å². The number of carbonyl (C=O) groups is 4. The van der Waals surface area contributed by atoms with Crippen molar-refractivity contribution in [3.8, 4) is 0 Å². The number of aliphatic hydroxyl groups excluding tert-OH is 1. The number of nitrogens with one attached hydrogen (secondary N) is 2. The van der Waals surface area contributed by atoms with E-state index in [4.69, 9.17) is 17.3 Å². The van der Waals surface area contributed by atoms with Crippen molar-refractivity contribution >= 4 is 41.4 Å². The molecule has 1 aromatic carbocycles. The van der Waals surface area contributed by atoms with Gasteiger partial charge in [0.25, 0.3) is 11.8 Å². The standard InChI is InChI=1S/C24H25ClN4O6/c1-11(2)18(27-20(31)13-4-6-17(26)16(25)8-13)22(33)29-14-5-3-12(7-14)19(29)21(32)28-24(10-30)9-15(24)23(34)35/h4,6,8,10,15,19,21,28,32H,3,5,9,26H2,1-2H3,(H,27,31)(H,34,35). The summed E-state index contributed by atoms with van der Waals surface area (Å²) in [5, 5.41) is 25.8. The van der Waals surface area contributed by atoms with Gasteiger partial charge >= 0.3 is 5.97 Å². The number of aliphatic hydroxyl groups is 1. The van der Waals surface area contributed by atoms with Crippen molar-refractivity contribution in [3.05, 3.63) is 57.1 Å². The summed E-state index contributed by atoms with van der Waals surface area (Å²) >= 11 is 6.02. The average molecular weight is 501 g/mol. The van der Waals surface area contributed by atoms with Gasteiger partial charge in [0, 0.05) is 11.1 Å². The van der Waals surface area contributed by atoms with E-state index in [9.17, 15) is 29.4 Å². The number of rotatable bonds is 8. The summed E-state index contributed by atoms with van der Waals surface area (Å²) in [4.78, 5) is 50.8. The lowest BCUT2D eigenvalue weighted by atomic mass is 9.98. The third-order valence-electron chi connectivity index (χ3n) is 6.52. The molecule has 4 atom stereocenters. The lowest BCUT2D eigenvalue weighted by Crippen LogP contribution is -2.57. The fraction of sp³-hybridized carbons (Fsp3) is 0.375. The highest BCUT2D eigenvalue weighted by molar-refractivity contribution is 6.33. The maximum absolute atomic E-state index is 13.6. The maximum Gasteiger partial charge on any atom is 0.308 e. The first-order valence-corrected chi connectivity index (χ1v) is 11.4. The van der Waals surface area contributed by atoms with Gasteiger partial charge in [0.15, 0.2) is 0 Å². The zero-order chi connectivity index (χ0) is 25.7. The summed E-state index contributed by atoms with van der Waals surface area (Å²) < 4.78 is 0. The quantitative estimate of drug-likeness (QED) is 0.117. The molecule has 2 aliphatic carbocycles. The number of piperidine rings is 1. The van der Waals surface area contributed by atoms with Crippen LogP contribution in [0.5, 0.6) is 0 Å². The molecular weight excluding hydrogens is 476 g/mol. The van der Waals surface area contributed by atoms with E-state index in [1.165, 1.54) is 23.1 Å². The second-order valence-corrected chi connectivity index (χ2v) is 9.53. The minimum atomic E-state index is -1.42. The second kappa shape index (κ2) is 8.98. The third kappa shape index (κ3) is 4.37. The summed E-state index contributed by atoms with van der Waals surface area (Å²) in [6.45, 7) is 3.32. The molecule has 4 rings (SSSR count). The predicted molar refractivity (Wildman–Crippen MR) is 126 cm³/mol. The van der Waals surface area contributed by atoms with Crippen molar-refractivity contribution in [2.45, 2.75) is 50.9 Å². The number of carboxylic acid groups (broad SMARTS) is 1. The Morgan fingerprint density at radius 1 is 1.31 bits per heavy atom. The van der Waals surface area contributed by atoms with Crippen LogP contribution in [-0.4, -0.2) is 57.0 Å². The zero-order valence-electron chi connectivity index (χ0n) is 19.1. The van der Waals surface area contributed by atoms with Crippen LogP contribution in [0.25, 0.3) is 0 Å². The number of allylic oxidation sites excluding steroid dienone is 1. The van der Waals surface area contributed by atoms with E-state index in [0.717, 1.165) is 0 Å². The highest BCUT2D eigenvalue weighted by Gasteiger charge is 2.61. The molecule has 10 nitrogen and oxygen atoms in total. The maximum atomic E-state index is 13.6. The van der Waals surface area contributed by atoms with E-state index < -0.39 is 41.5 Å². The smallest absolute Gasteiger partial charge is 0.308 e. The Morgan fingerprint density at radius 2 is 2.03 bits per heavy atom. The molecule has 0 radical (unpaired) electrons. The van der Waals surface area contributed by atoms with Gasteiger partial charge in [-0.2, -0.15) is 0 Å². The summed E-state index contributed by atoms with van der Waals surface area (Å²) in [6.07, 6.45) is 0.207. The van der Waals surface area contributed by atoms with Crippen molar-refractivity contribution in [1.82, 2.24) is 15.5 Å². The topological polar surface area (TPSA) is 162 Å². The van der Waals surface area contributed by atoms with Gasteiger partial charge < -0.3 is 26.1 Å². The first kappa shape index (κ1) is 24.7. The number of nitrogens with two attached hydrogens (primary N) is 1. The molecule has 2 amide bonds. The molecule has 0 saturated heterocycles. The number of hydrogen-bond donors (Lipinski definition) is 5. The Kier molecular flexibility index (Phi) is 6.33. The van der Waals surface area contributed by atoms with Gasteiger partial charge in [-0.15, -0.1) is 0 Å². The van der Waals surface area contributed by atoms with Gasteiger partial charge in [-0.05, 0) is 56.9 Å². The molecule has 3 aliphatic rings. The molecule has 1 heterocycles. The van der Waals surface area contributed by atoms with Gasteiger partial charge in [0.1, 0.15) is 24.3 Å². The Balaban J connectivity index is 1.56. The Morgan fingerprint density at radius 3 is 2.60 bits per heavy atom. The van der Waals surface area contributed by atoms with Crippen molar-refractivity contribution < 1.29 is 29.4 Å².